The summed E-state index contributed by atoms with van der Waals surface area (Å²) in [5, 5.41) is 8.51. The number of rotatable bonds is 5. The van der Waals surface area contributed by atoms with Crippen LogP contribution in [0.25, 0.3) is 0 Å². The standard InChI is InChI=1S/C11H13BrFN3O2S/c1-2-16(5-3-4-14)19(17,18)11-7-10(15)8(12)6-9(11)13/h6-7H,2-3,5,15H2,1H3. The lowest BCUT2D eigenvalue weighted by Gasteiger charge is -2.20. The SMILES string of the molecule is CCN(CCC#N)S(=O)(=O)c1cc(N)c(Br)cc1F. The van der Waals surface area contributed by atoms with Crippen LogP contribution in [0.2, 0.25) is 0 Å². The molecule has 0 radical (unpaired) electrons. The summed E-state index contributed by atoms with van der Waals surface area (Å²) in [6.07, 6.45) is 0.0424. The van der Waals surface area contributed by atoms with E-state index in [1.54, 1.807) is 6.92 Å². The van der Waals surface area contributed by atoms with Gasteiger partial charge in [0.2, 0.25) is 10.0 Å². The summed E-state index contributed by atoms with van der Waals surface area (Å²) in [5.74, 6) is -0.878. The number of nitriles is 1. The number of nitrogens with zero attached hydrogens (tertiary/aromatic N) is 2. The first-order valence-electron chi connectivity index (χ1n) is 5.46. The Bertz CT molecular complexity index is 613. The van der Waals surface area contributed by atoms with Crippen molar-refractivity contribution in [2.24, 2.45) is 0 Å². The maximum Gasteiger partial charge on any atom is 0.246 e. The van der Waals surface area contributed by atoms with Crippen molar-refractivity contribution in [1.29, 1.82) is 5.26 Å². The molecule has 0 aliphatic rings. The number of anilines is 1. The van der Waals surface area contributed by atoms with Crippen molar-refractivity contribution in [3.05, 3.63) is 22.4 Å². The van der Waals surface area contributed by atoms with Gasteiger partial charge in [-0.15, -0.1) is 0 Å². The first-order chi connectivity index (χ1) is 8.84. The molecule has 104 valence electrons. The third kappa shape index (κ3) is 3.43. The van der Waals surface area contributed by atoms with Crippen LogP contribution in [-0.2, 0) is 10.0 Å². The molecule has 0 bridgehead atoms. The normalized spacial score (nSPS) is 11.5. The number of benzene rings is 1. The van der Waals surface area contributed by atoms with Gasteiger partial charge in [0.05, 0.1) is 6.07 Å². The minimum atomic E-state index is -3.99. The fraction of sp³-hybridized carbons (Fsp3) is 0.364. The van der Waals surface area contributed by atoms with Gasteiger partial charge < -0.3 is 5.73 Å². The highest BCUT2D eigenvalue weighted by Gasteiger charge is 2.26. The van der Waals surface area contributed by atoms with Crippen molar-refractivity contribution in [3.8, 4) is 6.07 Å². The fourth-order valence-corrected chi connectivity index (χ4v) is 3.35. The number of nitrogens with two attached hydrogens (primary N) is 1. The third-order valence-corrected chi connectivity index (χ3v) is 5.17. The smallest absolute Gasteiger partial charge is 0.246 e. The summed E-state index contributed by atoms with van der Waals surface area (Å²) in [4.78, 5) is -0.479. The number of nitrogen functional groups attached to an aromatic ring is 1. The van der Waals surface area contributed by atoms with Crippen molar-refractivity contribution in [3.63, 3.8) is 0 Å². The molecular weight excluding hydrogens is 337 g/mol. The van der Waals surface area contributed by atoms with Crippen LogP contribution in [0.4, 0.5) is 10.1 Å². The Balaban J connectivity index is 3.26. The van der Waals surface area contributed by atoms with Gasteiger partial charge in [-0.3, -0.25) is 0 Å². The van der Waals surface area contributed by atoms with E-state index in [-0.39, 0.29) is 25.2 Å². The van der Waals surface area contributed by atoms with E-state index >= 15 is 0 Å². The van der Waals surface area contributed by atoms with Gasteiger partial charge in [-0.25, -0.2) is 12.8 Å². The first kappa shape index (κ1) is 15.9. The lowest BCUT2D eigenvalue weighted by Crippen LogP contribution is -2.32. The van der Waals surface area contributed by atoms with Crippen LogP contribution in [0.1, 0.15) is 13.3 Å². The molecule has 2 N–H and O–H groups in total. The Kier molecular flexibility index (Phi) is 5.29. The van der Waals surface area contributed by atoms with E-state index in [1.807, 2.05) is 6.07 Å². The summed E-state index contributed by atoms with van der Waals surface area (Å²) in [5.41, 5.74) is 5.71. The van der Waals surface area contributed by atoms with Gasteiger partial charge in [0.15, 0.2) is 0 Å². The van der Waals surface area contributed by atoms with Crippen LogP contribution in [0.15, 0.2) is 21.5 Å². The zero-order valence-electron chi connectivity index (χ0n) is 10.2. The van der Waals surface area contributed by atoms with Crippen molar-refractivity contribution >= 4 is 31.6 Å². The molecule has 1 aromatic rings. The van der Waals surface area contributed by atoms with Crippen LogP contribution < -0.4 is 5.73 Å². The lowest BCUT2D eigenvalue weighted by molar-refractivity contribution is 0.430. The molecule has 0 aromatic heterocycles. The molecule has 1 aromatic carbocycles. The molecule has 0 saturated heterocycles. The van der Waals surface area contributed by atoms with E-state index in [0.29, 0.717) is 4.47 Å². The third-order valence-electron chi connectivity index (χ3n) is 2.49. The Labute approximate surface area is 120 Å². The molecule has 0 atom stereocenters. The monoisotopic (exact) mass is 349 g/mol. The summed E-state index contributed by atoms with van der Waals surface area (Å²) in [7, 11) is -3.99. The molecule has 0 heterocycles. The highest BCUT2D eigenvalue weighted by atomic mass is 79.9. The summed E-state index contributed by atoms with van der Waals surface area (Å²) in [6.45, 7) is 1.79. The van der Waals surface area contributed by atoms with Gasteiger partial charge in [0.1, 0.15) is 10.7 Å². The second-order valence-corrected chi connectivity index (χ2v) is 6.47. The Morgan fingerprint density at radius 3 is 2.68 bits per heavy atom. The van der Waals surface area contributed by atoms with E-state index in [2.05, 4.69) is 15.9 Å². The molecule has 5 nitrogen and oxygen atoms in total. The lowest BCUT2D eigenvalue weighted by atomic mass is 10.3. The molecule has 0 spiro atoms. The molecule has 0 fully saturated rings. The van der Waals surface area contributed by atoms with E-state index in [9.17, 15) is 12.8 Å². The van der Waals surface area contributed by atoms with E-state index in [0.717, 1.165) is 16.4 Å². The topological polar surface area (TPSA) is 87.2 Å². The highest BCUT2D eigenvalue weighted by molar-refractivity contribution is 9.10. The average Bonchev–Trinajstić information content (AvgIpc) is 2.34. The zero-order valence-corrected chi connectivity index (χ0v) is 12.6. The van der Waals surface area contributed by atoms with Crippen LogP contribution >= 0.6 is 15.9 Å². The maximum atomic E-state index is 13.8. The fourth-order valence-electron chi connectivity index (χ4n) is 1.50. The molecular formula is C11H13BrFN3O2S. The minimum absolute atomic E-state index is 0.0186. The van der Waals surface area contributed by atoms with E-state index in [4.69, 9.17) is 11.0 Å². The molecule has 19 heavy (non-hydrogen) atoms. The molecule has 1 rings (SSSR count). The van der Waals surface area contributed by atoms with Gasteiger partial charge in [-0.2, -0.15) is 9.57 Å². The van der Waals surface area contributed by atoms with Crippen molar-refractivity contribution in [1.82, 2.24) is 4.31 Å². The zero-order chi connectivity index (χ0) is 14.6. The molecule has 0 aliphatic heterocycles. The van der Waals surface area contributed by atoms with Crippen LogP contribution in [0, 0.1) is 17.1 Å². The Morgan fingerprint density at radius 2 is 2.16 bits per heavy atom. The summed E-state index contributed by atoms with van der Waals surface area (Å²) < 4.78 is 39.6. The second kappa shape index (κ2) is 6.32. The van der Waals surface area contributed by atoms with Gasteiger partial charge in [0, 0.05) is 29.7 Å². The number of hydrogen-bond donors (Lipinski definition) is 1. The van der Waals surface area contributed by atoms with Gasteiger partial charge in [0.25, 0.3) is 0 Å². The van der Waals surface area contributed by atoms with E-state index < -0.39 is 20.7 Å². The number of halogens is 2. The van der Waals surface area contributed by atoms with Gasteiger partial charge >= 0.3 is 0 Å². The quantitative estimate of drug-likeness (QED) is 0.824. The highest BCUT2D eigenvalue weighted by Crippen LogP contribution is 2.28. The molecule has 0 saturated carbocycles. The predicted octanol–water partition coefficient (Wildman–Crippen LogP) is 2.09. The molecule has 8 heteroatoms. The predicted molar refractivity (Wildman–Crippen MR) is 73.2 cm³/mol. The molecule has 0 aliphatic carbocycles. The summed E-state index contributed by atoms with van der Waals surface area (Å²) >= 11 is 3.03. The minimum Gasteiger partial charge on any atom is -0.398 e. The molecule has 0 unspecified atom stereocenters. The maximum absolute atomic E-state index is 13.8. The number of hydrogen-bond acceptors (Lipinski definition) is 4. The van der Waals surface area contributed by atoms with Crippen LogP contribution in [0.5, 0.6) is 0 Å². The van der Waals surface area contributed by atoms with Crippen LogP contribution in [-0.4, -0.2) is 25.8 Å². The van der Waals surface area contributed by atoms with E-state index in [1.165, 1.54) is 0 Å². The molecule has 0 amide bonds. The Morgan fingerprint density at radius 1 is 1.53 bits per heavy atom. The summed E-state index contributed by atoms with van der Waals surface area (Å²) in [6, 6.07) is 3.95. The van der Waals surface area contributed by atoms with Crippen molar-refractivity contribution < 1.29 is 12.8 Å². The Hall–Kier alpha value is -1.17. The first-order valence-corrected chi connectivity index (χ1v) is 7.69. The average molecular weight is 350 g/mol. The largest absolute Gasteiger partial charge is 0.398 e. The van der Waals surface area contributed by atoms with Crippen molar-refractivity contribution in [2.45, 2.75) is 18.2 Å². The van der Waals surface area contributed by atoms with Crippen molar-refractivity contribution in [2.75, 3.05) is 18.8 Å². The second-order valence-electron chi connectivity index (χ2n) is 3.71. The van der Waals surface area contributed by atoms with Crippen LogP contribution in [0.3, 0.4) is 0 Å². The van der Waals surface area contributed by atoms with Gasteiger partial charge in [-0.05, 0) is 28.1 Å². The van der Waals surface area contributed by atoms with Gasteiger partial charge in [-0.1, -0.05) is 6.92 Å². The number of sulfonamides is 1.